The molecule has 0 spiro atoms. The van der Waals surface area contributed by atoms with Crippen LogP contribution >= 0.6 is 0 Å². The summed E-state index contributed by atoms with van der Waals surface area (Å²) in [6.07, 6.45) is 6.43. The Kier molecular flexibility index (Phi) is 9.18. The van der Waals surface area contributed by atoms with E-state index in [1.165, 1.54) is 64.5 Å². The molecular weight excluding hydrogens is 450 g/mol. The number of aliphatic carboxylic acids is 2. The van der Waals surface area contributed by atoms with Gasteiger partial charge >= 0.3 is 11.9 Å². The maximum absolute atomic E-state index is 9.77. The number of methoxy groups -OCH3 is 1. The van der Waals surface area contributed by atoms with E-state index in [1.807, 2.05) is 0 Å². The number of hydrogen-bond donors (Lipinski definition) is 4. The molecule has 4 N–H and O–H groups in total. The van der Waals surface area contributed by atoms with E-state index in [2.05, 4.69) is 36.9 Å². The van der Waals surface area contributed by atoms with E-state index in [-0.39, 0.29) is 0 Å². The maximum atomic E-state index is 9.77. The number of benzene rings is 1. The molecule has 35 heavy (non-hydrogen) atoms. The quantitative estimate of drug-likeness (QED) is 0.437. The minimum Gasteiger partial charge on any atom is -0.497 e. The molecule has 1 aliphatic heterocycles. The highest BCUT2D eigenvalue weighted by Crippen LogP contribution is 2.56. The topological polar surface area (TPSA) is 128 Å². The van der Waals surface area contributed by atoms with E-state index < -0.39 is 24.1 Å². The molecule has 1 saturated carbocycles. The summed E-state index contributed by atoms with van der Waals surface area (Å²) in [5.74, 6) is -0.760. The summed E-state index contributed by atoms with van der Waals surface area (Å²) in [6.45, 7) is 7.35. The molecule has 6 atom stereocenters. The number of fused-ring (bicyclic) bond motifs is 1. The lowest BCUT2D eigenvalue weighted by atomic mass is 9.52. The predicted molar refractivity (Wildman–Crippen MR) is 132 cm³/mol. The molecule has 1 aromatic carbocycles. The molecule has 3 aliphatic rings. The van der Waals surface area contributed by atoms with Crippen LogP contribution in [0.1, 0.15) is 69.9 Å². The Morgan fingerprint density at radius 2 is 1.83 bits per heavy atom. The summed E-state index contributed by atoms with van der Waals surface area (Å²) in [5.41, 5.74) is 3.70. The molecule has 0 radical (unpaired) electrons. The van der Waals surface area contributed by atoms with Gasteiger partial charge in [0.05, 0.1) is 7.11 Å². The molecule has 1 unspecified atom stereocenters. The van der Waals surface area contributed by atoms with Crippen molar-refractivity contribution >= 4 is 11.9 Å². The van der Waals surface area contributed by atoms with Gasteiger partial charge in [-0.05, 0) is 80.3 Å². The van der Waals surface area contributed by atoms with Crippen molar-refractivity contribution in [2.75, 3.05) is 20.2 Å². The highest BCUT2D eigenvalue weighted by atomic mass is 16.5. The van der Waals surface area contributed by atoms with Crippen molar-refractivity contribution in [1.29, 1.82) is 0 Å². The zero-order chi connectivity index (χ0) is 25.8. The average Bonchev–Trinajstić information content (AvgIpc) is 2.87. The first kappa shape index (κ1) is 27.4. The average molecular weight is 492 g/mol. The number of ether oxygens (including phenoxy) is 1. The van der Waals surface area contributed by atoms with Gasteiger partial charge in [-0.15, -0.1) is 0 Å². The van der Waals surface area contributed by atoms with Crippen molar-refractivity contribution in [1.82, 2.24) is 4.90 Å². The van der Waals surface area contributed by atoms with Crippen molar-refractivity contribution in [3.63, 3.8) is 0 Å². The summed E-state index contributed by atoms with van der Waals surface area (Å²) < 4.78 is 5.58. The van der Waals surface area contributed by atoms with Crippen LogP contribution in [0.2, 0.25) is 0 Å². The van der Waals surface area contributed by atoms with E-state index in [0.717, 1.165) is 23.6 Å². The third-order valence-corrected chi connectivity index (χ3v) is 8.57. The minimum atomic E-state index is -2.27. The molecule has 2 fully saturated rings. The van der Waals surface area contributed by atoms with E-state index in [1.54, 1.807) is 18.2 Å². The molecule has 8 nitrogen and oxygen atoms in total. The number of carboxylic acid groups (broad SMARTS) is 2. The lowest BCUT2D eigenvalue weighted by Crippen LogP contribution is -2.61. The van der Waals surface area contributed by atoms with Crippen LogP contribution in [-0.4, -0.2) is 75.7 Å². The van der Waals surface area contributed by atoms with Gasteiger partial charge in [0, 0.05) is 11.5 Å². The molecule has 2 bridgehead atoms. The smallest absolute Gasteiger partial charge is 0.335 e. The Morgan fingerprint density at radius 3 is 2.43 bits per heavy atom. The van der Waals surface area contributed by atoms with Gasteiger partial charge in [-0.3, -0.25) is 4.90 Å². The number of aliphatic hydroxyl groups excluding tert-OH is 2. The Morgan fingerprint density at radius 1 is 1.14 bits per heavy atom. The third-order valence-electron chi connectivity index (χ3n) is 8.57. The highest BCUT2D eigenvalue weighted by Gasteiger charge is 2.53. The highest BCUT2D eigenvalue weighted by molar-refractivity contribution is 5.83. The summed E-state index contributed by atoms with van der Waals surface area (Å²) >= 11 is 0. The molecule has 196 valence electrons. The molecule has 1 saturated heterocycles. The van der Waals surface area contributed by atoms with E-state index in [0.29, 0.717) is 5.41 Å². The number of likely N-dealkylation sites (tertiary alicyclic amines) is 1. The van der Waals surface area contributed by atoms with E-state index in [4.69, 9.17) is 25.2 Å². The number of rotatable bonds is 8. The van der Waals surface area contributed by atoms with Crippen LogP contribution in [0.25, 0.3) is 0 Å². The number of carbonyl (C=O) groups is 2. The second kappa shape index (κ2) is 11.7. The lowest BCUT2D eigenvalue weighted by Gasteiger charge is -2.59. The van der Waals surface area contributed by atoms with Crippen LogP contribution in [-0.2, 0) is 21.4 Å². The van der Waals surface area contributed by atoms with Crippen LogP contribution < -0.4 is 4.74 Å². The van der Waals surface area contributed by atoms with Gasteiger partial charge in [0.1, 0.15) is 5.75 Å². The summed E-state index contributed by atoms with van der Waals surface area (Å²) in [7, 11) is 1.81. The van der Waals surface area contributed by atoms with Crippen LogP contribution in [0.5, 0.6) is 5.75 Å². The second-order valence-electron chi connectivity index (χ2n) is 10.5. The van der Waals surface area contributed by atoms with Gasteiger partial charge in [0.2, 0.25) is 0 Å². The van der Waals surface area contributed by atoms with Gasteiger partial charge < -0.3 is 25.2 Å². The molecule has 0 aromatic heterocycles. The van der Waals surface area contributed by atoms with Crippen molar-refractivity contribution in [2.45, 2.75) is 88.9 Å². The molecule has 8 heteroatoms. The first-order chi connectivity index (χ1) is 16.6. The molecule has 2 aliphatic carbocycles. The van der Waals surface area contributed by atoms with Crippen LogP contribution in [0.4, 0.5) is 0 Å². The standard InChI is InChI=1S/C23H35NO.C4H6O6/c1-4-17(2)10-13-24-14-12-23-11-6-5-7-20(23)22(24)15-18-8-9-19(25-3)16-21(18)23;5-1(3(7)8)2(6)4(9)10/h8-9,16-17,20,22H,4-7,10-15H2,1-3H3;1-2,5-6H,(H,7,8)(H,9,10)/t17?,20-,22-,23-;1-,2-/m01/s1. The lowest BCUT2D eigenvalue weighted by molar-refractivity contribution is -0.165. The van der Waals surface area contributed by atoms with Gasteiger partial charge in [-0.1, -0.05) is 39.2 Å². The SMILES string of the molecule is CCC(C)CCN1CC[C@@]23CCCC[C@H]2[C@@H]1Cc1ccc(OC)cc13.O=C(O)[C@H](O)[C@@H](O)C(=O)O. The first-order valence-corrected chi connectivity index (χ1v) is 12.9. The summed E-state index contributed by atoms with van der Waals surface area (Å²) in [4.78, 5) is 22.4. The molecule has 0 amide bonds. The van der Waals surface area contributed by atoms with Crippen molar-refractivity contribution in [3.8, 4) is 5.75 Å². The molecule has 1 aromatic rings. The second-order valence-corrected chi connectivity index (χ2v) is 10.5. The Hall–Kier alpha value is -2.16. The third kappa shape index (κ3) is 5.81. The number of nitrogens with zero attached hydrogens (tertiary/aromatic N) is 1. The normalized spacial score (nSPS) is 27.8. The van der Waals surface area contributed by atoms with Crippen LogP contribution in [0.3, 0.4) is 0 Å². The fourth-order valence-electron chi connectivity index (χ4n) is 6.33. The molecular formula is C27H41NO7. The number of carboxylic acids is 2. The minimum absolute atomic E-state index is 0.442. The Bertz CT molecular complexity index is 872. The zero-order valence-electron chi connectivity index (χ0n) is 21.2. The predicted octanol–water partition coefficient (Wildman–Crippen LogP) is 3.07. The fourth-order valence-corrected chi connectivity index (χ4v) is 6.33. The number of hydrogen-bond acceptors (Lipinski definition) is 6. The molecule has 1 heterocycles. The Balaban J connectivity index is 0.000000292. The van der Waals surface area contributed by atoms with E-state index >= 15 is 0 Å². The van der Waals surface area contributed by atoms with Gasteiger partial charge in [-0.2, -0.15) is 0 Å². The Labute approximate surface area is 207 Å². The molecule has 4 rings (SSSR count). The number of piperidine rings is 1. The summed E-state index contributed by atoms with van der Waals surface area (Å²) in [6, 6.07) is 7.71. The van der Waals surface area contributed by atoms with Crippen LogP contribution in [0, 0.1) is 11.8 Å². The largest absolute Gasteiger partial charge is 0.497 e. The van der Waals surface area contributed by atoms with Crippen molar-refractivity contribution < 1.29 is 34.8 Å². The fraction of sp³-hybridized carbons (Fsp3) is 0.704. The van der Waals surface area contributed by atoms with Gasteiger partial charge in [-0.25, -0.2) is 9.59 Å². The summed E-state index contributed by atoms with van der Waals surface area (Å²) in [5, 5.41) is 32.5. The van der Waals surface area contributed by atoms with E-state index in [9.17, 15) is 9.59 Å². The maximum Gasteiger partial charge on any atom is 0.335 e. The number of aliphatic hydroxyl groups is 2. The zero-order valence-corrected chi connectivity index (χ0v) is 21.2. The van der Waals surface area contributed by atoms with Crippen LogP contribution in [0.15, 0.2) is 18.2 Å². The monoisotopic (exact) mass is 491 g/mol. The van der Waals surface area contributed by atoms with Crippen molar-refractivity contribution in [2.24, 2.45) is 11.8 Å². The van der Waals surface area contributed by atoms with Gasteiger partial charge in [0.15, 0.2) is 12.2 Å². The van der Waals surface area contributed by atoms with Crippen molar-refractivity contribution in [3.05, 3.63) is 29.3 Å². The first-order valence-electron chi connectivity index (χ1n) is 12.9. The van der Waals surface area contributed by atoms with Gasteiger partial charge in [0.25, 0.3) is 0 Å².